The molecule has 0 aromatic heterocycles. The van der Waals surface area contributed by atoms with E-state index in [-0.39, 0.29) is 36.6 Å². The van der Waals surface area contributed by atoms with Crippen molar-refractivity contribution < 1.29 is 9.18 Å². The third-order valence-corrected chi connectivity index (χ3v) is 4.03. The summed E-state index contributed by atoms with van der Waals surface area (Å²) in [4.78, 5) is 12.0. The van der Waals surface area contributed by atoms with Crippen LogP contribution in [0.25, 0.3) is 0 Å². The summed E-state index contributed by atoms with van der Waals surface area (Å²) < 4.78 is 13.5. The van der Waals surface area contributed by atoms with Gasteiger partial charge in [0.2, 0.25) is 5.91 Å². The molecule has 2 aromatic carbocycles. The fraction of sp³-hybridized carbons (Fsp3) is 0.278. The zero-order valence-electron chi connectivity index (χ0n) is 12.7. The second kappa shape index (κ2) is 8.09. The first-order chi connectivity index (χ1) is 10.7. The van der Waals surface area contributed by atoms with Gasteiger partial charge in [0.15, 0.2) is 0 Å². The van der Waals surface area contributed by atoms with Crippen molar-refractivity contribution in [2.75, 3.05) is 13.1 Å². The van der Waals surface area contributed by atoms with E-state index in [0.717, 1.165) is 13.0 Å². The summed E-state index contributed by atoms with van der Waals surface area (Å²) in [6.07, 6.45) is 1.08. The van der Waals surface area contributed by atoms with E-state index >= 15 is 0 Å². The first-order valence-electron chi connectivity index (χ1n) is 7.55. The Hall–Kier alpha value is -1.91. The van der Waals surface area contributed by atoms with Crippen molar-refractivity contribution in [1.82, 2.24) is 10.6 Å². The lowest BCUT2D eigenvalue weighted by Gasteiger charge is -2.27. The van der Waals surface area contributed by atoms with Crippen molar-refractivity contribution in [2.24, 2.45) is 0 Å². The Kier molecular flexibility index (Phi) is 6.13. The fourth-order valence-corrected chi connectivity index (χ4v) is 2.87. The molecule has 122 valence electrons. The van der Waals surface area contributed by atoms with E-state index in [9.17, 15) is 9.18 Å². The molecule has 1 aliphatic heterocycles. The maximum atomic E-state index is 13.5. The highest BCUT2D eigenvalue weighted by molar-refractivity contribution is 5.85. The van der Waals surface area contributed by atoms with Gasteiger partial charge in [-0.2, -0.15) is 0 Å². The number of hydrogen-bond donors (Lipinski definition) is 2. The average molecular weight is 335 g/mol. The van der Waals surface area contributed by atoms with E-state index in [2.05, 4.69) is 22.8 Å². The number of amides is 1. The van der Waals surface area contributed by atoms with Crippen LogP contribution in [0.2, 0.25) is 0 Å². The summed E-state index contributed by atoms with van der Waals surface area (Å²) in [5, 5.41) is 6.32. The van der Waals surface area contributed by atoms with Gasteiger partial charge in [0, 0.05) is 12.6 Å². The molecular formula is C18H20ClFN2O. The Morgan fingerprint density at radius 2 is 1.91 bits per heavy atom. The SMILES string of the molecule is Cl.O=C(Cc1ccccc1F)NCC1NCCc2ccccc21. The van der Waals surface area contributed by atoms with E-state index < -0.39 is 0 Å². The second-order valence-corrected chi connectivity index (χ2v) is 5.53. The predicted molar refractivity (Wildman–Crippen MR) is 91.3 cm³/mol. The summed E-state index contributed by atoms with van der Waals surface area (Å²) >= 11 is 0. The number of carbonyl (C=O) groups excluding carboxylic acids is 1. The van der Waals surface area contributed by atoms with Gasteiger partial charge in [0.1, 0.15) is 5.82 Å². The van der Waals surface area contributed by atoms with Crippen molar-refractivity contribution in [1.29, 1.82) is 0 Å². The van der Waals surface area contributed by atoms with Crippen LogP contribution in [0.4, 0.5) is 4.39 Å². The van der Waals surface area contributed by atoms with E-state index in [1.807, 2.05) is 12.1 Å². The first-order valence-corrected chi connectivity index (χ1v) is 7.55. The third kappa shape index (κ3) is 4.30. The molecule has 3 rings (SSSR count). The smallest absolute Gasteiger partial charge is 0.224 e. The molecule has 0 saturated carbocycles. The van der Waals surface area contributed by atoms with Gasteiger partial charge < -0.3 is 10.6 Å². The van der Waals surface area contributed by atoms with Crippen molar-refractivity contribution >= 4 is 18.3 Å². The zero-order valence-corrected chi connectivity index (χ0v) is 13.5. The normalized spacial score (nSPS) is 16.1. The lowest BCUT2D eigenvalue weighted by molar-refractivity contribution is -0.120. The minimum absolute atomic E-state index is 0. The molecule has 1 unspecified atom stereocenters. The lowest BCUT2D eigenvalue weighted by atomic mass is 9.94. The summed E-state index contributed by atoms with van der Waals surface area (Å²) in [7, 11) is 0. The highest BCUT2D eigenvalue weighted by atomic mass is 35.5. The van der Waals surface area contributed by atoms with Crippen LogP contribution >= 0.6 is 12.4 Å². The van der Waals surface area contributed by atoms with Crippen molar-refractivity contribution in [3.05, 3.63) is 71.0 Å². The molecule has 0 radical (unpaired) electrons. The van der Waals surface area contributed by atoms with Crippen LogP contribution in [0.5, 0.6) is 0 Å². The molecule has 1 aliphatic rings. The maximum absolute atomic E-state index is 13.5. The monoisotopic (exact) mass is 334 g/mol. The van der Waals surface area contributed by atoms with Crippen LogP contribution < -0.4 is 10.6 Å². The fourth-order valence-electron chi connectivity index (χ4n) is 2.87. The Bertz CT molecular complexity index is 678. The largest absolute Gasteiger partial charge is 0.354 e. The van der Waals surface area contributed by atoms with Gasteiger partial charge in [-0.1, -0.05) is 42.5 Å². The number of benzene rings is 2. The topological polar surface area (TPSA) is 41.1 Å². The molecular weight excluding hydrogens is 315 g/mol. The zero-order chi connectivity index (χ0) is 15.4. The Balaban J connectivity index is 0.00000192. The molecule has 1 atom stereocenters. The standard InChI is InChI=1S/C18H19FN2O.ClH/c19-16-8-4-2-6-14(16)11-18(22)21-12-17-15-7-3-1-5-13(15)9-10-20-17;/h1-8,17,20H,9-12H2,(H,21,22);1H. The van der Waals surface area contributed by atoms with Gasteiger partial charge in [-0.05, 0) is 35.7 Å². The van der Waals surface area contributed by atoms with Gasteiger partial charge in [0.25, 0.3) is 0 Å². The van der Waals surface area contributed by atoms with Crippen LogP contribution in [0.3, 0.4) is 0 Å². The highest BCUT2D eigenvalue weighted by Crippen LogP contribution is 2.21. The van der Waals surface area contributed by atoms with E-state index in [4.69, 9.17) is 0 Å². The predicted octanol–water partition coefficient (Wildman–Crippen LogP) is 2.79. The van der Waals surface area contributed by atoms with Crippen LogP contribution in [0, 0.1) is 5.82 Å². The van der Waals surface area contributed by atoms with Gasteiger partial charge >= 0.3 is 0 Å². The van der Waals surface area contributed by atoms with Crippen LogP contribution in [0.1, 0.15) is 22.7 Å². The van der Waals surface area contributed by atoms with Gasteiger partial charge in [0.05, 0.1) is 6.42 Å². The summed E-state index contributed by atoms with van der Waals surface area (Å²) in [6, 6.07) is 14.8. The summed E-state index contributed by atoms with van der Waals surface area (Å²) in [5.41, 5.74) is 2.99. The minimum atomic E-state index is -0.334. The lowest BCUT2D eigenvalue weighted by Crippen LogP contribution is -2.39. The molecule has 0 aliphatic carbocycles. The Labute approximate surface area is 141 Å². The molecule has 5 heteroatoms. The van der Waals surface area contributed by atoms with Crippen molar-refractivity contribution in [3.63, 3.8) is 0 Å². The number of rotatable bonds is 4. The molecule has 1 amide bonds. The Morgan fingerprint density at radius 1 is 1.17 bits per heavy atom. The summed E-state index contributed by atoms with van der Waals surface area (Å²) in [6.45, 7) is 1.43. The number of halogens is 2. The number of carbonyl (C=O) groups is 1. The van der Waals surface area contributed by atoms with Gasteiger partial charge in [-0.15, -0.1) is 12.4 Å². The molecule has 2 aromatic rings. The van der Waals surface area contributed by atoms with Crippen molar-refractivity contribution in [2.45, 2.75) is 18.9 Å². The van der Waals surface area contributed by atoms with Gasteiger partial charge in [-0.3, -0.25) is 4.79 Å². The van der Waals surface area contributed by atoms with E-state index in [1.165, 1.54) is 17.2 Å². The van der Waals surface area contributed by atoms with E-state index in [1.54, 1.807) is 18.2 Å². The molecule has 0 bridgehead atoms. The van der Waals surface area contributed by atoms with Crippen molar-refractivity contribution in [3.8, 4) is 0 Å². The minimum Gasteiger partial charge on any atom is -0.354 e. The number of nitrogens with one attached hydrogen (secondary N) is 2. The molecule has 1 heterocycles. The molecule has 2 N–H and O–H groups in total. The molecule has 0 spiro atoms. The van der Waals surface area contributed by atoms with E-state index in [0.29, 0.717) is 12.1 Å². The highest BCUT2D eigenvalue weighted by Gasteiger charge is 2.19. The molecule has 0 fully saturated rings. The van der Waals surface area contributed by atoms with Crippen LogP contribution in [0.15, 0.2) is 48.5 Å². The quantitative estimate of drug-likeness (QED) is 0.902. The second-order valence-electron chi connectivity index (χ2n) is 5.53. The summed E-state index contributed by atoms with van der Waals surface area (Å²) in [5.74, 6) is -0.492. The third-order valence-electron chi connectivity index (χ3n) is 4.03. The van der Waals surface area contributed by atoms with Crippen LogP contribution in [-0.4, -0.2) is 19.0 Å². The molecule has 0 saturated heterocycles. The number of fused-ring (bicyclic) bond motifs is 1. The maximum Gasteiger partial charge on any atom is 0.224 e. The molecule has 3 nitrogen and oxygen atoms in total. The average Bonchev–Trinajstić information content (AvgIpc) is 2.55. The Morgan fingerprint density at radius 3 is 2.74 bits per heavy atom. The van der Waals surface area contributed by atoms with Gasteiger partial charge in [-0.25, -0.2) is 4.39 Å². The first kappa shape index (κ1) is 17.4. The molecule has 23 heavy (non-hydrogen) atoms. The van der Waals surface area contributed by atoms with Crippen LogP contribution in [-0.2, 0) is 17.6 Å². The number of hydrogen-bond acceptors (Lipinski definition) is 2.